The lowest BCUT2D eigenvalue weighted by Crippen LogP contribution is -2.59. The van der Waals surface area contributed by atoms with Gasteiger partial charge in [0.2, 0.25) is 5.91 Å². The number of aliphatic carboxylic acids is 1. The van der Waals surface area contributed by atoms with Crippen molar-refractivity contribution in [2.24, 2.45) is 0 Å². The van der Waals surface area contributed by atoms with Gasteiger partial charge in [0.25, 0.3) is 0 Å². The minimum Gasteiger partial charge on any atom is -0.480 e. The Labute approximate surface area is 116 Å². The van der Waals surface area contributed by atoms with Crippen LogP contribution in [0.4, 0.5) is 4.39 Å². The van der Waals surface area contributed by atoms with Crippen LogP contribution >= 0.6 is 0 Å². The molecule has 0 aliphatic heterocycles. The molecule has 1 aromatic rings. The van der Waals surface area contributed by atoms with E-state index in [1.807, 2.05) is 0 Å². The first kappa shape index (κ1) is 14.2. The van der Waals surface area contributed by atoms with E-state index in [4.69, 9.17) is 5.11 Å². The van der Waals surface area contributed by atoms with E-state index in [1.54, 1.807) is 25.1 Å². The maximum atomic E-state index is 12.8. The van der Waals surface area contributed by atoms with E-state index in [2.05, 4.69) is 5.32 Å². The van der Waals surface area contributed by atoms with E-state index >= 15 is 0 Å². The van der Waals surface area contributed by atoms with Crippen LogP contribution in [0.2, 0.25) is 0 Å². The van der Waals surface area contributed by atoms with Gasteiger partial charge in [-0.2, -0.15) is 0 Å². The van der Waals surface area contributed by atoms with E-state index < -0.39 is 17.4 Å². The number of amides is 1. The second kappa shape index (κ2) is 5.45. The summed E-state index contributed by atoms with van der Waals surface area (Å²) in [7, 11) is 0. The molecule has 1 saturated carbocycles. The second-order valence-electron chi connectivity index (χ2n) is 5.07. The van der Waals surface area contributed by atoms with Gasteiger partial charge in [-0.3, -0.25) is 4.79 Å². The molecular weight excluding hydrogens is 261 g/mol. The molecule has 4 nitrogen and oxygen atoms in total. The van der Waals surface area contributed by atoms with Gasteiger partial charge in [-0.05, 0) is 50.0 Å². The van der Waals surface area contributed by atoms with E-state index in [0.717, 1.165) is 6.42 Å². The molecule has 106 valence electrons. The number of carbonyl (C=O) groups is 2. The highest BCUT2D eigenvalue weighted by molar-refractivity contribution is 6.00. The van der Waals surface area contributed by atoms with Crippen molar-refractivity contribution in [2.45, 2.75) is 31.7 Å². The molecule has 2 N–H and O–H groups in total. The number of carboxylic acids is 1. The summed E-state index contributed by atoms with van der Waals surface area (Å²) in [5.41, 5.74) is -0.0317. The standard InChI is InChI=1S/C15H16FNO3/c1-10(9-11-3-5-12(16)6-4-11)13(18)17-15(14(19)20)7-2-8-15/h3-6,9H,2,7-8H2,1H3,(H,17,18)(H,19,20)/b10-9+. The van der Waals surface area contributed by atoms with Crippen LogP contribution in [-0.4, -0.2) is 22.5 Å². The van der Waals surface area contributed by atoms with Crippen LogP contribution < -0.4 is 5.32 Å². The number of rotatable bonds is 4. The predicted molar refractivity (Wildman–Crippen MR) is 72.4 cm³/mol. The largest absolute Gasteiger partial charge is 0.480 e. The number of hydrogen-bond acceptors (Lipinski definition) is 2. The first-order valence-electron chi connectivity index (χ1n) is 6.43. The molecule has 0 radical (unpaired) electrons. The Balaban J connectivity index is 2.08. The third kappa shape index (κ3) is 2.87. The highest BCUT2D eigenvalue weighted by Crippen LogP contribution is 2.32. The number of carboxylic acid groups (broad SMARTS) is 1. The Morgan fingerprint density at radius 2 is 1.90 bits per heavy atom. The molecule has 0 aromatic heterocycles. The van der Waals surface area contributed by atoms with Gasteiger partial charge in [0.05, 0.1) is 0 Å². The van der Waals surface area contributed by atoms with Gasteiger partial charge < -0.3 is 10.4 Å². The maximum absolute atomic E-state index is 12.8. The van der Waals surface area contributed by atoms with Crippen molar-refractivity contribution in [3.8, 4) is 0 Å². The van der Waals surface area contributed by atoms with Gasteiger partial charge in [-0.1, -0.05) is 12.1 Å². The number of hydrogen-bond donors (Lipinski definition) is 2. The molecule has 1 fully saturated rings. The fourth-order valence-electron chi connectivity index (χ4n) is 2.11. The van der Waals surface area contributed by atoms with Crippen molar-refractivity contribution in [2.75, 3.05) is 0 Å². The van der Waals surface area contributed by atoms with Crippen LogP contribution in [0.3, 0.4) is 0 Å². The summed E-state index contributed by atoms with van der Waals surface area (Å²) in [5, 5.41) is 11.7. The highest BCUT2D eigenvalue weighted by atomic mass is 19.1. The number of halogens is 1. The molecule has 0 saturated heterocycles. The van der Waals surface area contributed by atoms with Crippen LogP contribution in [0.25, 0.3) is 6.08 Å². The zero-order valence-electron chi connectivity index (χ0n) is 11.1. The van der Waals surface area contributed by atoms with E-state index in [9.17, 15) is 14.0 Å². The molecule has 0 spiro atoms. The van der Waals surface area contributed by atoms with Crippen LogP contribution in [0, 0.1) is 5.82 Å². The molecule has 0 bridgehead atoms. The minimum absolute atomic E-state index is 0.344. The molecule has 1 aromatic carbocycles. The van der Waals surface area contributed by atoms with E-state index in [0.29, 0.717) is 24.0 Å². The van der Waals surface area contributed by atoms with Crippen molar-refractivity contribution in [3.05, 3.63) is 41.2 Å². The molecule has 0 unspecified atom stereocenters. The molecule has 0 heterocycles. The lowest BCUT2D eigenvalue weighted by Gasteiger charge is -2.38. The number of nitrogens with one attached hydrogen (secondary N) is 1. The SMILES string of the molecule is C/C(=C\c1ccc(F)cc1)C(=O)NC1(C(=O)O)CCC1. The first-order valence-corrected chi connectivity index (χ1v) is 6.43. The highest BCUT2D eigenvalue weighted by Gasteiger charge is 2.45. The van der Waals surface area contributed by atoms with E-state index in [-0.39, 0.29) is 5.82 Å². The van der Waals surface area contributed by atoms with Crippen LogP contribution in [0.5, 0.6) is 0 Å². The summed E-state index contributed by atoms with van der Waals surface area (Å²) in [6, 6.07) is 5.73. The van der Waals surface area contributed by atoms with Gasteiger partial charge in [0.1, 0.15) is 11.4 Å². The number of carbonyl (C=O) groups excluding carboxylic acids is 1. The smallest absolute Gasteiger partial charge is 0.329 e. The van der Waals surface area contributed by atoms with Gasteiger partial charge in [0, 0.05) is 5.57 Å². The fraction of sp³-hybridized carbons (Fsp3) is 0.333. The van der Waals surface area contributed by atoms with Gasteiger partial charge in [-0.25, -0.2) is 9.18 Å². The summed E-state index contributed by atoms with van der Waals surface area (Å²) < 4.78 is 12.8. The first-order chi connectivity index (χ1) is 9.43. The molecule has 2 rings (SSSR count). The van der Waals surface area contributed by atoms with Crippen LogP contribution in [0.15, 0.2) is 29.8 Å². The summed E-state index contributed by atoms with van der Waals surface area (Å²) in [5.74, 6) is -1.74. The van der Waals surface area contributed by atoms with E-state index in [1.165, 1.54) is 12.1 Å². The normalized spacial score (nSPS) is 17.2. The topological polar surface area (TPSA) is 66.4 Å². The van der Waals surface area contributed by atoms with Gasteiger partial charge in [-0.15, -0.1) is 0 Å². The fourth-order valence-corrected chi connectivity index (χ4v) is 2.11. The third-order valence-corrected chi connectivity index (χ3v) is 3.58. The molecule has 1 aliphatic rings. The Bertz CT molecular complexity index is 559. The Kier molecular flexibility index (Phi) is 3.88. The Hall–Kier alpha value is -2.17. The van der Waals surface area contributed by atoms with Gasteiger partial charge >= 0.3 is 5.97 Å². The van der Waals surface area contributed by atoms with Crippen molar-refractivity contribution in [1.82, 2.24) is 5.32 Å². The molecule has 1 amide bonds. The van der Waals surface area contributed by atoms with Crippen molar-refractivity contribution >= 4 is 18.0 Å². The zero-order valence-corrected chi connectivity index (χ0v) is 11.1. The van der Waals surface area contributed by atoms with Gasteiger partial charge in [0.15, 0.2) is 0 Å². The van der Waals surface area contributed by atoms with Crippen LogP contribution in [-0.2, 0) is 9.59 Å². The van der Waals surface area contributed by atoms with Crippen molar-refractivity contribution < 1.29 is 19.1 Å². The Morgan fingerprint density at radius 1 is 1.30 bits per heavy atom. The lowest BCUT2D eigenvalue weighted by molar-refractivity contribution is -0.151. The monoisotopic (exact) mass is 277 g/mol. The van der Waals surface area contributed by atoms with Crippen molar-refractivity contribution in [3.63, 3.8) is 0 Å². The molecule has 1 aliphatic carbocycles. The number of benzene rings is 1. The maximum Gasteiger partial charge on any atom is 0.329 e. The van der Waals surface area contributed by atoms with Crippen LogP contribution in [0.1, 0.15) is 31.7 Å². The quantitative estimate of drug-likeness (QED) is 0.830. The zero-order chi connectivity index (χ0) is 14.8. The summed E-state index contributed by atoms with van der Waals surface area (Å²) in [6.45, 7) is 1.60. The molecule has 5 heteroatoms. The average Bonchev–Trinajstić information content (AvgIpc) is 2.35. The predicted octanol–water partition coefficient (Wildman–Crippen LogP) is 2.35. The Morgan fingerprint density at radius 3 is 2.35 bits per heavy atom. The second-order valence-corrected chi connectivity index (χ2v) is 5.07. The minimum atomic E-state index is -1.12. The molecule has 20 heavy (non-hydrogen) atoms. The summed E-state index contributed by atoms with van der Waals surface area (Å²) in [4.78, 5) is 23.2. The lowest BCUT2D eigenvalue weighted by atomic mass is 9.76. The summed E-state index contributed by atoms with van der Waals surface area (Å²) in [6.07, 6.45) is 3.31. The van der Waals surface area contributed by atoms with Crippen molar-refractivity contribution in [1.29, 1.82) is 0 Å². The average molecular weight is 277 g/mol. The summed E-state index contributed by atoms with van der Waals surface area (Å²) >= 11 is 0. The molecule has 0 atom stereocenters. The third-order valence-electron chi connectivity index (χ3n) is 3.58. The molecular formula is C15H16FNO3.